The zero-order valence-corrected chi connectivity index (χ0v) is 12.6. The molecule has 0 saturated carbocycles. The van der Waals surface area contributed by atoms with Crippen LogP contribution >= 0.6 is 0 Å². The Morgan fingerprint density at radius 3 is 2.67 bits per heavy atom. The van der Waals surface area contributed by atoms with Gasteiger partial charge < -0.3 is 4.84 Å². The number of benzene rings is 2. The van der Waals surface area contributed by atoms with Crippen LogP contribution < -0.4 is 4.84 Å². The maximum atomic E-state index is 11.3. The van der Waals surface area contributed by atoms with Gasteiger partial charge in [-0.15, -0.1) is 5.10 Å². The summed E-state index contributed by atoms with van der Waals surface area (Å²) in [6.45, 7) is 0.286. The van der Waals surface area contributed by atoms with E-state index in [1.165, 1.54) is 11.0 Å². The number of hydrogen-bond donors (Lipinski definition) is 0. The highest BCUT2D eigenvalue weighted by molar-refractivity contribution is 5.89. The Hall–Kier alpha value is -3.57. The summed E-state index contributed by atoms with van der Waals surface area (Å²) in [7, 11) is 0. The third-order valence-electron chi connectivity index (χ3n) is 3.41. The predicted molar refractivity (Wildman–Crippen MR) is 88.6 cm³/mol. The summed E-state index contributed by atoms with van der Waals surface area (Å²) in [4.78, 5) is 21.1. The molecule has 2 aromatic carbocycles. The molecule has 0 saturated heterocycles. The van der Waals surface area contributed by atoms with Crippen LogP contribution in [0.3, 0.4) is 0 Å². The lowest BCUT2D eigenvalue weighted by molar-refractivity contribution is 0.0737. The lowest BCUT2D eigenvalue weighted by Crippen LogP contribution is -2.14. The number of nitrogens with zero attached hydrogens (tertiary/aromatic N) is 5. The van der Waals surface area contributed by atoms with E-state index in [1.54, 1.807) is 24.3 Å². The van der Waals surface area contributed by atoms with Crippen molar-refractivity contribution in [3.8, 4) is 11.3 Å². The van der Waals surface area contributed by atoms with E-state index in [1.807, 2.05) is 30.3 Å². The van der Waals surface area contributed by atoms with Crippen molar-refractivity contribution in [3.63, 3.8) is 0 Å². The first-order chi connectivity index (χ1) is 11.8. The molecule has 3 aromatic rings. The smallest absolute Gasteiger partial charge is 0.150 e. The molecular formula is C17H13N5O2. The van der Waals surface area contributed by atoms with Gasteiger partial charge in [0.25, 0.3) is 0 Å². The third kappa shape index (κ3) is 3.11. The Kier molecular flexibility index (Phi) is 4.55. The van der Waals surface area contributed by atoms with Gasteiger partial charge in [-0.3, -0.25) is 4.79 Å². The number of rotatable bonds is 6. The van der Waals surface area contributed by atoms with Crippen molar-refractivity contribution in [2.75, 3.05) is 0 Å². The highest BCUT2D eigenvalue weighted by Gasteiger charge is 2.16. The van der Waals surface area contributed by atoms with Gasteiger partial charge in [0.05, 0.1) is 11.9 Å². The van der Waals surface area contributed by atoms with Crippen LogP contribution in [0.4, 0.5) is 5.69 Å². The fraction of sp³-hybridized carbons (Fsp3) is 0.0588. The van der Waals surface area contributed by atoms with Gasteiger partial charge >= 0.3 is 0 Å². The van der Waals surface area contributed by atoms with Crippen molar-refractivity contribution in [2.24, 2.45) is 5.11 Å². The maximum Gasteiger partial charge on any atom is 0.150 e. The molecule has 0 aliphatic carbocycles. The van der Waals surface area contributed by atoms with E-state index in [-0.39, 0.29) is 6.61 Å². The van der Waals surface area contributed by atoms with Crippen molar-refractivity contribution in [1.29, 1.82) is 0 Å². The van der Waals surface area contributed by atoms with Crippen LogP contribution in [0.5, 0.6) is 0 Å². The molecule has 0 aliphatic heterocycles. The highest BCUT2D eigenvalue weighted by atomic mass is 16.7. The molecule has 0 aliphatic rings. The Bertz CT molecular complexity index is 898. The lowest BCUT2D eigenvalue weighted by atomic mass is 10.1. The van der Waals surface area contributed by atoms with Crippen LogP contribution in [-0.2, 0) is 6.61 Å². The predicted octanol–water partition coefficient (Wildman–Crippen LogP) is 3.93. The number of carbonyl (C=O) groups excluding carboxylic acids is 1. The Labute approximate surface area is 137 Å². The molecule has 0 spiro atoms. The molecule has 7 nitrogen and oxygen atoms in total. The summed E-state index contributed by atoms with van der Waals surface area (Å²) < 4.78 is 0. The second-order valence-electron chi connectivity index (χ2n) is 4.90. The Morgan fingerprint density at radius 2 is 1.92 bits per heavy atom. The molecule has 0 unspecified atom stereocenters. The van der Waals surface area contributed by atoms with Gasteiger partial charge in [-0.25, -0.2) is 0 Å². The number of aldehydes is 1. The van der Waals surface area contributed by atoms with Crippen LogP contribution in [0.15, 0.2) is 65.9 Å². The fourth-order valence-electron chi connectivity index (χ4n) is 2.31. The van der Waals surface area contributed by atoms with E-state index in [0.29, 0.717) is 22.5 Å². The average Bonchev–Trinajstić information content (AvgIpc) is 3.03. The Morgan fingerprint density at radius 1 is 1.17 bits per heavy atom. The van der Waals surface area contributed by atoms with Crippen LogP contribution in [0.1, 0.15) is 15.9 Å². The van der Waals surface area contributed by atoms with Crippen LogP contribution in [0.2, 0.25) is 0 Å². The van der Waals surface area contributed by atoms with E-state index in [0.717, 1.165) is 11.8 Å². The van der Waals surface area contributed by atoms with Crippen molar-refractivity contribution in [1.82, 2.24) is 9.94 Å². The van der Waals surface area contributed by atoms with Crippen molar-refractivity contribution in [3.05, 3.63) is 82.4 Å². The number of hydrogen-bond acceptors (Lipinski definition) is 4. The second kappa shape index (κ2) is 7.13. The van der Waals surface area contributed by atoms with E-state index in [2.05, 4.69) is 15.1 Å². The first-order valence-corrected chi connectivity index (χ1v) is 7.18. The molecule has 0 bridgehead atoms. The quantitative estimate of drug-likeness (QED) is 0.298. The Balaban J connectivity index is 2.01. The molecule has 7 heteroatoms. The van der Waals surface area contributed by atoms with Crippen molar-refractivity contribution in [2.45, 2.75) is 6.61 Å². The van der Waals surface area contributed by atoms with E-state index >= 15 is 0 Å². The lowest BCUT2D eigenvalue weighted by Gasteiger charge is -2.11. The number of azide groups is 1. The molecule has 0 fully saturated rings. The SMILES string of the molecule is [N-]=[N+]=Nc1cnn(OCc2ccccc2)c1-c1ccccc1C=O. The van der Waals surface area contributed by atoms with Gasteiger partial charge in [0, 0.05) is 16.0 Å². The molecule has 1 aromatic heterocycles. The molecule has 1 heterocycles. The summed E-state index contributed by atoms with van der Waals surface area (Å²) in [5.41, 5.74) is 11.5. The summed E-state index contributed by atoms with van der Waals surface area (Å²) in [5, 5.41) is 7.75. The maximum absolute atomic E-state index is 11.3. The highest BCUT2D eigenvalue weighted by Crippen LogP contribution is 2.31. The molecule has 0 radical (unpaired) electrons. The third-order valence-corrected chi connectivity index (χ3v) is 3.41. The summed E-state index contributed by atoms with van der Waals surface area (Å²) >= 11 is 0. The summed E-state index contributed by atoms with van der Waals surface area (Å²) in [5.74, 6) is 0. The van der Waals surface area contributed by atoms with Gasteiger partial charge in [-0.1, -0.05) is 64.6 Å². The largest absolute Gasteiger partial charge is 0.391 e. The minimum atomic E-state index is 0.286. The summed E-state index contributed by atoms with van der Waals surface area (Å²) in [6, 6.07) is 16.6. The minimum Gasteiger partial charge on any atom is -0.391 e. The average molecular weight is 319 g/mol. The number of aromatic nitrogens is 2. The van der Waals surface area contributed by atoms with E-state index in [4.69, 9.17) is 10.4 Å². The molecule has 0 amide bonds. The molecule has 0 N–H and O–H groups in total. The normalized spacial score (nSPS) is 10.0. The molecule has 0 atom stereocenters. The van der Waals surface area contributed by atoms with Crippen LogP contribution in [-0.4, -0.2) is 16.2 Å². The standard InChI is InChI=1S/C17H13N5O2/c18-21-20-16-10-19-22(24-12-13-6-2-1-3-7-13)17(16)15-9-5-4-8-14(15)11-23/h1-11H,12H2. The van der Waals surface area contributed by atoms with E-state index in [9.17, 15) is 4.79 Å². The first-order valence-electron chi connectivity index (χ1n) is 7.18. The fourth-order valence-corrected chi connectivity index (χ4v) is 2.31. The van der Waals surface area contributed by atoms with Gasteiger partial charge in [-0.2, -0.15) is 0 Å². The van der Waals surface area contributed by atoms with Crippen LogP contribution in [0.25, 0.3) is 21.7 Å². The van der Waals surface area contributed by atoms with Gasteiger partial charge in [0.15, 0.2) is 6.29 Å². The van der Waals surface area contributed by atoms with Crippen molar-refractivity contribution >= 4 is 12.0 Å². The zero-order chi connectivity index (χ0) is 16.8. The molecular weight excluding hydrogens is 306 g/mol. The van der Waals surface area contributed by atoms with Gasteiger partial charge in [-0.05, 0) is 11.1 Å². The first kappa shape index (κ1) is 15.3. The van der Waals surface area contributed by atoms with Gasteiger partial charge in [0.2, 0.25) is 0 Å². The minimum absolute atomic E-state index is 0.286. The van der Waals surface area contributed by atoms with E-state index < -0.39 is 0 Å². The molecule has 3 rings (SSSR count). The number of carbonyl (C=O) groups is 1. The summed E-state index contributed by atoms with van der Waals surface area (Å²) in [6.07, 6.45) is 2.14. The second-order valence-corrected chi connectivity index (χ2v) is 4.90. The monoisotopic (exact) mass is 319 g/mol. The van der Waals surface area contributed by atoms with Crippen molar-refractivity contribution < 1.29 is 9.63 Å². The molecule has 24 heavy (non-hydrogen) atoms. The molecule has 118 valence electrons. The zero-order valence-electron chi connectivity index (χ0n) is 12.6. The van der Waals surface area contributed by atoms with Gasteiger partial charge in [0.1, 0.15) is 12.3 Å². The topological polar surface area (TPSA) is 92.9 Å². The van der Waals surface area contributed by atoms with Crippen LogP contribution in [0, 0.1) is 0 Å².